The highest BCUT2D eigenvalue weighted by molar-refractivity contribution is 6.36. The van der Waals surface area contributed by atoms with Gasteiger partial charge in [-0.2, -0.15) is 0 Å². The van der Waals surface area contributed by atoms with Gasteiger partial charge in [0.1, 0.15) is 5.75 Å². The molecule has 7 heteroatoms. The molecule has 0 radical (unpaired) electrons. The van der Waals surface area contributed by atoms with Crippen LogP contribution in [0.15, 0.2) is 24.3 Å². The number of ether oxygens (including phenoxy) is 2. The Balaban J connectivity index is 2.84. The summed E-state index contributed by atoms with van der Waals surface area (Å²) in [4.78, 5) is 23.7. The Bertz CT molecular complexity index is 648. The maximum Gasteiger partial charge on any atom is 0.330 e. The fourth-order valence-electron chi connectivity index (χ4n) is 1.96. The Morgan fingerprint density at radius 1 is 1.28 bits per heavy atom. The molecule has 25 heavy (non-hydrogen) atoms. The first-order valence-corrected chi connectivity index (χ1v) is 8.56. The normalized spacial score (nSPS) is 12.8. The van der Waals surface area contributed by atoms with Crippen LogP contribution in [0.25, 0.3) is 0 Å². The lowest BCUT2D eigenvalue weighted by Crippen LogP contribution is -2.48. The highest BCUT2D eigenvalue weighted by atomic mass is 35.5. The standard InChI is InChI=1S/C18H23Cl2NO4/c1-6-15(25-12-9-13(19)11(2)14(20)10-12)17(23)21-18(3,4)8-7-16(22)24-5/h7-10,15H,6H2,1-5H3,(H,21,23)/b8-7+/t15-/m1/s1. The van der Waals surface area contributed by atoms with E-state index in [4.69, 9.17) is 27.9 Å². The summed E-state index contributed by atoms with van der Waals surface area (Å²) in [7, 11) is 1.29. The lowest BCUT2D eigenvalue weighted by atomic mass is 10.0. The number of nitrogens with one attached hydrogen (secondary N) is 1. The van der Waals surface area contributed by atoms with E-state index in [0.29, 0.717) is 22.2 Å². The van der Waals surface area contributed by atoms with Crippen molar-refractivity contribution < 1.29 is 19.1 Å². The van der Waals surface area contributed by atoms with Crippen molar-refractivity contribution in [2.45, 2.75) is 45.8 Å². The first kappa shape index (κ1) is 21.3. The third-order valence-corrected chi connectivity index (χ3v) is 4.26. The minimum atomic E-state index is -0.745. The van der Waals surface area contributed by atoms with Gasteiger partial charge in [0.15, 0.2) is 6.10 Å². The van der Waals surface area contributed by atoms with Gasteiger partial charge in [0.05, 0.1) is 12.6 Å². The van der Waals surface area contributed by atoms with Gasteiger partial charge >= 0.3 is 5.97 Å². The predicted molar refractivity (Wildman–Crippen MR) is 99.3 cm³/mol. The Morgan fingerprint density at radius 2 is 1.84 bits per heavy atom. The molecule has 1 rings (SSSR count). The van der Waals surface area contributed by atoms with Gasteiger partial charge in [-0.3, -0.25) is 4.79 Å². The second-order valence-electron chi connectivity index (χ2n) is 6.09. The van der Waals surface area contributed by atoms with Crippen LogP contribution in [0.5, 0.6) is 5.75 Å². The van der Waals surface area contributed by atoms with E-state index in [1.807, 2.05) is 6.92 Å². The number of carbonyl (C=O) groups is 2. The van der Waals surface area contributed by atoms with Gasteiger partial charge in [-0.1, -0.05) is 36.2 Å². The van der Waals surface area contributed by atoms with Crippen LogP contribution >= 0.6 is 23.2 Å². The molecule has 1 aromatic rings. The average Bonchev–Trinajstić information content (AvgIpc) is 2.54. The summed E-state index contributed by atoms with van der Waals surface area (Å²) in [6.45, 7) is 7.15. The Kier molecular flexibility index (Phi) is 7.77. The van der Waals surface area contributed by atoms with Gasteiger partial charge in [-0.05, 0) is 44.9 Å². The summed E-state index contributed by atoms with van der Waals surface area (Å²) < 4.78 is 10.3. The molecule has 1 aromatic carbocycles. The molecule has 0 aromatic heterocycles. The molecule has 0 saturated heterocycles. The fourth-order valence-corrected chi connectivity index (χ4v) is 2.43. The van der Waals surface area contributed by atoms with Crippen molar-refractivity contribution in [3.63, 3.8) is 0 Å². The van der Waals surface area contributed by atoms with Crippen molar-refractivity contribution in [1.82, 2.24) is 5.32 Å². The summed E-state index contributed by atoms with van der Waals surface area (Å²) in [5.41, 5.74) is 0.00668. The van der Waals surface area contributed by atoms with Crippen molar-refractivity contribution in [1.29, 1.82) is 0 Å². The molecule has 5 nitrogen and oxygen atoms in total. The molecule has 0 saturated carbocycles. The molecule has 0 unspecified atom stereocenters. The SMILES string of the molecule is CC[C@@H](Oc1cc(Cl)c(C)c(Cl)c1)C(=O)NC(C)(C)/C=C/C(=O)OC. The summed E-state index contributed by atoms with van der Waals surface area (Å²) >= 11 is 12.2. The van der Waals surface area contributed by atoms with Gasteiger partial charge in [-0.25, -0.2) is 4.79 Å². The Labute approximate surface area is 158 Å². The number of hydrogen-bond acceptors (Lipinski definition) is 4. The number of amides is 1. The number of benzene rings is 1. The van der Waals surface area contributed by atoms with Crippen LogP contribution in [0.3, 0.4) is 0 Å². The monoisotopic (exact) mass is 387 g/mol. The van der Waals surface area contributed by atoms with Crippen molar-refractivity contribution >= 4 is 35.1 Å². The van der Waals surface area contributed by atoms with Crippen LogP contribution in [0, 0.1) is 6.92 Å². The summed E-state index contributed by atoms with van der Waals surface area (Å²) in [6.07, 6.45) is 2.55. The van der Waals surface area contributed by atoms with Crippen LogP contribution in [-0.2, 0) is 14.3 Å². The van der Waals surface area contributed by atoms with Crippen LogP contribution < -0.4 is 10.1 Å². The lowest BCUT2D eigenvalue weighted by molar-refractivity contribution is -0.135. The molecule has 1 amide bonds. The number of hydrogen-bond donors (Lipinski definition) is 1. The van der Waals surface area contributed by atoms with Crippen LogP contribution in [-0.4, -0.2) is 30.6 Å². The number of carbonyl (C=O) groups excluding carboxylic acids is 2. The zero-order valence-corrected chi connectivity index (χ0v) is 16.5. The van der Waals surface area contributed by atoms with E-state index in [1.54, 1.807) is 39.0 Å². The van der Waals surface area contributed by atoms with E-state index in [2.05, 4.69) is 10.1 Å². The van der Waals surface area contributed by atoms with Crippen LogP contribution in [0.1, 0.15) is 32.8 Å². The number of methoxy groups -OCH3 is 1. The average molecular weight is 388 g/mol. The van der Waals surface area contributed by atoms with E-state index >= 15 is 0 Å². The second-order valence-corrected chi connectivity index (χ2v) is 6.91. The molecule has 138 valence electrons. The molecular formula is C18H23Cl2NO4. The third kappa shape index (κ3) is 6.59. The summed E-state index contributed by atoms with van der Waals surface area (Å²) in [5.74, 6) is -0.380. The maximum atomic E-state index is 12.5. The molecule has 1 atom stereocenters. The van der Waals surface area contributed by atoms with Crippen LogP contribution in [0.4, 0.5) is 0 Å². The van der Waals surface area contributed by atoms with Gasteiger partial charge in [0, 0.05) is 16.1 Å². The number of halogens is 2. The minimum absolute atomic E-state index is 0.310. The highest BCUT2D eigenvalue weighted by Crippen LogP contribution is 2.30. The van der Waals surface area contributed by atoms with E-state index in [1.165, 1.54) is 13.2 Å². The fraction of sp³-hybridized carbons (Fsp3) is 0.444. The topological polar surface area (TPSA) is 64.6 Å². The van der Waals surface area contributed by atoms with Crippen molar-refractivity contribution in [3.8, 4) is 5.75 Å². The van der Waals surface area contributed by atoms with E-state index < -0.39 is 17.6 Å². The first-order chi connectivity index (χ1) is 11.6. The molecule has 0 fully saturated rings. The largest absolute Gasteiger partial charge is 0.481 e. The molecule has 0 aliphatic rings. The van der Waals surface area contributed by atoms with Gasteiger partial charge in [-0.15, -0.1) is 0 Å². The zero-order chi connectivity index (χ0) is 19.2. The smallest absolute Gasteiger partial charge is 0.330 e. The third-order valence-electron chi connectivity index (χ3n) is 3.48. The summed E-state index contributed by atoms with van der Waals surface area (Å²) in [6, 6.07) is 3.25. The maximum absolute atomic E-state index is 12.5. The van der Waals surface area contributed by atoms with E-state index in [9.17, 15) is 9.59 Å². The second kappa shape index (κ2) is 9.11. The zero-order valence-electron chi connectivity index (χ0n) is 15.0. The molecule has 0 aliphatic carbocycles. The summed E-state index contributed by atoms with van der Waals surface area (Å²) in [5, 5.41) is 3.77. The van der Waals surface area contributed by atoms with Crippen molar-refractivity contribution in [2.75, 3.05) is 7.11 Å². The molecular weight excluding hydrogens is 365 g/mol. The Hall–Kier alpha value is -1.72. The van der Waals surface area contributed by atoms with E-state index in [-0.39, 0.29) is 5.91 Å². The molecule has 0 aliphatic heterocycles. The van der Waals surface area contributed by atoms with Gasteiger partial charge in [0.25, 0.3) is 5.91 Å². The molecule has 0 spiro atoms. The van der Waals surface area contributed by atoms with Crippen LogP contribution in [0.2, 0.25) is 10.0 Å². The molecule has 0 heterocycles. The quantitative estimate of drug-likeness (QED) is 0.565. The predicted octanol–water partition coefficient (Wildman–Crippen LogP) is 4.08. The molecule has 0 bridgehead atoms. The van der Waals surface area contributed by atoms with Gasteiger partial charge in [0.2, 0.25) is 0 Å². The number of esters is 1. The highest BCUT2D eigenvalue weighted by Gasteiger charge is 2.25. The number of rotatable bonds is 7. The van der Waals surface area contributed by atoms with E-state index in [0.717, 1.165) is 5.56 Å². The minimum Gasteiger partial charge on any atom is -0.481 e. The van der Waals surface area contributed by atoms with Crippen molar-refractivity contribution in [2.24, 2.45) is 0 Å². The molecule has 1 N–H and O–H groups in total. The lowest BCUT2D eigenvalue weighted by Gasteiger charge is -2.26. The van der Waals surface area contributed by atoms with Crippen molar-refractivity contribution in [3.05, 3.63) is 39.9 Å². The van der Waals surface area contributed by atoms with Gasteiger partial charge < -0.3 is 14.8 Å². The first-order valence-electron chi connectivity index (χ1n) is 7.81. The Morgan fingerprint density at radius 3 is 2.32 bits per heavy atom.